The number of rotatable bonds is 6. The molecular weight excluding hydrogens is 454 g/mol. The molecule has 3 aromatic rings. The third-order valence-corrected chi connectivity index (χ3v) is 6.81. The number of hydrogen-bond donors (Lipinski definition) is 0. The summed E-state index contributed by atoms with van der Waals surface area (Å²) in [5, 5.41) is 11.1. The minimum absolute atomic E-state index is 0.0223. The van der Waals surface area contributed by atoms with Crippen LogP contribution in [0.4, 0.5) is 0 Å². The van der Waals surface area contributed by atoms with E-state index in [0.717, 1.165) is 61.2 Å². The van der Waals surface area contributed by atoms with Crippen molar-refractivity contribution in [1.29, 1.82) is 0 Å². The second-order valence-electron chi connectivity index (χ2n) is 8.89. The van der Waals surface area contributed by atoms with Gasteiger partial charge in [-0.1, -0.05) is 28.9 Å². The molecule has 2 aliphatic heterocycles. The van der Waals surface area contributed by atoms with Crippen LogP contribution in [0, 0.1) is 6.92 Å². The fraction of sp³-hybridized carbons (Fsp3) is 0.400. The van der Waals surface area contributed by atoms with Crippen molar-refractivity contribution < 1.29 is 13.7 Å². The number of aromatic nitrogens is 1. The summed E-state index contributed by atoms with van der Waals surface area (Å²) >= 11 is 6.06. The lowest BCUT2D eigenvalue weighted by Gasteiger charge is -2.38. The fourth-order valence-corrected chi connectivity index (χ4v) is 4.74. The Hall–Kier alpha value is -2.94. The van der Waals surface area contributed by atoms with E-state index < -0.39 is 0 Å². The van der Waals surface area contributed by atoms with Crippen molar-refractivity contribution in [2.45, 2.75) is 38.9 Å². The maximum atomic E-state index is 13.6. The number of amides is 1. The number of benzene rings is 1. The normalized spacial score (nSPS) is 20.5. The lowest BCUT2D eigenvalue weighted by Crippen LogP contribution is -2.53. The molecule has 2 aliphatic rings. The number of carbonyl (C=O) groups is 1. The molecule has 1 fully saturated rings. The monoisotopic (exact) mass is 481 g/mol. The molecule has 4 heterocycles. The van der Waals surface area contributed by atoms with Crippen LogP contribution in [-0.4, -0.2) is 63.8 Å². The molecule has 0 N–H and O–H groups in total. The number of carbonyl (C=O) groups excluding carboxylic acids is 1. The van der Waals surface area contributed by atoms with Crippen LogP contribution in [0.15, 0.2) is 62.8 Å². The van der Waals surface area contributed by atoms with Crippen molar-refractivity contribution >= 4 is 23.2 Å². The average Bonchev–Trinajstić information content (AvgIpc) is 3.60. The van der Waals surface area contributed by atoms with Crippen LogP contribution in [0.1, 0.15) is 42.2 Å². The van der Waals surface area contributed by atoms with E-state index >= 15 is 0 Å². The van der Waals surface area contributed by atoms with Crippen molar-refractivity contribution in [3.63, 3.8) is 0 Å². The van der Waals surface area contributed by atoms with Crippen molar-refractivity contribution in [2.75, 3.05) is 26.2 Å². The van der Waals surface area contributed by atoms with Crippen LogP contribution in [0.5, 0.6) is 0 Å². The predicted octanol–water partition coefficient (Wildman–Crippen LogP) is 4.11. The van der Waals surface area contributed by atoms with Gasteiger partial charge in [0.2, 0.25) is 0 Å². The van der Waals surface area contributed by atoms with Gasteiger partial charge in [0.25, 0.3) is 5.91 Å². The van der Waals surface area contributed by atoms with Crippen LogP contribution in [0.25, 0.3) is 0 Å². The Morgan fingerprint density at radius 2 is 1.94 bits per heavy atom. The number of hydrogen-bond acceptors (Lipinski definition) is 7. The zero-order chi connectivity index (χ0) is 23.7. The molecule has 0 radical (unpaired) electrons. The molecule has 0 saturated carbocycles. The Balaban J connectivity index is 1.27. The molecule has 9 heteroatoms. The molecule has 34 heavy (non-hydrogen) atoms. The van der Waals surface area contributed by atoms with E-state index in [1.165, 1.54) is 0 Å². The van der Waals surface area contributed by atoms with Gasteiger partial charge in [-0.25, -0.2) is 5.01 Å². The average molecular weight is 482 g/mol. The summed E-state index contributed by atoms with van der Waals surface area (Å²) in [7, 11) is 0. The van der Waals surface area contributed by atoms with Gasteiger partial charge in [-0.15, -0.1) is 0 Å². The van der Waals surface area contributed by atoms with Gasteiger partial charge in [-0.2, -0.15) is 5.10 Å². The highest BCUT2D eigenvalue weighted by Gasteiger charge is 2.38. The predicted molar refractivity (Wildman–Crippen MR) is 128 cm³/mol. The maximum Gasteiger partial charge on any atom is 0.260 e. The van der Waals surface area contributed by atoms with Gasteiger partial charge in [-0.3, -0.25) is 14.6 Å². The van der Waals surface area contributed by atoms with E-state index in [4.69, 9.17) is 25.6 Å². The summed E-state index contributed by atoms with van der Waals surface area (Å²) in [5.41, 5.74) is 2.75. The highest BCUT2D eigenvalue weighted by Crippen LogP contribution is 2.34. The molecule has 2 aromatic heterocycles. The maximum absolute atomic E-state index is 13.6. The number of aryl methyl sites for hydroxylation is 1. The molecule has 0 aliphatic carbocycles. The molecule has 2 atom stereocenters. The highest BCUT2D eigenvalue weighted by atomic mass is 35.5. The van der Waals surface area contributed by atoms with Gasteiger partial charge in [-0.05, 0) is 43.7 Å². The third kappa shape index (κ3) is 4.80. The summed E-state index contributed by atoms with van der Waals surface area (Å²) < 4.78 is 10.9. The zero-order valence-corrected chi connectivity index (χ0v) is 20.1. The summed E-state index contributed by atoms with van der Waals surface area (Å²) in [6.45, 7) is 7.96. The smallest absolute Gasteiger partial charge is 0.260 e. The molecule has 8 nitrogen and oxygen atoms in total. The van der Waals surface area contributed by atoms with E-state index in [1.54, 1.807) is 11.3 Å². The second kappa shape index (κ2) is 9.74. The quantitative estimate of drug-likeness (QED) is 0.527. The summed E-state index contributed by atoms with van der Waals surface area (Å²) in [5.74, 6) is 1.54. The second-order valence-corrected chi connectivity index (χ2v) is 9.33. The minimum atomic E-state index is -0.290. The largest absolute Gasteiger partial charge is 0.467 e. The fourth-order valence-electron chi connectivity index (χ4n) is 4.61. The first-order chi connectivity index (χ1) is 16.5. The molecule has 1 aromatic carbocycles. The van der Waals surface area contributed by atoms with Crippen LogP contribution < -0.4 is 0 Å². The van der Waals surface area contributed by atoms with Crippen LogP contribution in [0.3, 0.4) is 0 Å². The minimum Gasteiger partial charge on any atom is -0.467 e. The number of nitrogens with zero attached hydrogens (tertiary/aromatic N) is 5. The molecule has 1 amide bonds. The first-order valence-corrected chi connectivity index (χ1v) is 11.9. The molecule has 0 bridgehead atoms. The number of hydrazone groups is 1. The molecule has 1 saturated heterocycles. The summed E-state index contributed by atoms with van der Waals surface area (Å²) in [6, 6.07) is 12.7. The van der Waals surface area contributed by atoms with Crippen LogP contribution >= 0.6 is 11.6 Å². The van der Waals surface area contributed by atoms with Crippen molar-refractivity contribution in [2.24, 2.45) is 5.10 Å². The molecule has 2 unspecified atom stereocenters. The highest BCUT2D eigenvalue weighted by molar-refractivity contribution is 6.30. The topological polar surface area (TPSA) is 78.3 Å². The number of halogens is 1. The lowest BCUT2D eigenvalue weighted by atomic mass is 10.0. The summed E-state index contributed by atoms with van der Waals surface area (Å²) in [6.07, 6.45) is 2.23. The van der Waals surface area contributed by atoms with Gasteiger partial charge in [0.1, 0.15) is 17.6 Å². The Morgan fingerprint density at radius 1 is 1.18 bits per heavy atom. The van der Waals surface area contributed by atoms with E-state index in [0.29, 0.717) is 11.4 Å². The first-order valence-electron chi connectivity index (χ1n) is 11.6. The van der Waals surface area contributed by atoms with Crippen molar-refractivity contribution in [3.05, 3.63) is 76.5 Å². The van der Waals surface area contributed by atoms with Crippen molar-refractivity contribution in [3.8, 4) is 0 Å². The number of piperazine rings is 1. The first kappa shape index (κ1) is 22.8. The van der Waals surface area contributed by atoms with Gasteiger partial charge in [0, 0.05) is 50.2 Å². The van der Waals surface area contributed by atoms with Crippen LogP contribution in [0.2, 0.25) is 5.02 Å². The van der Waals surface area contributed by atoms with E-state index in [1.807, 2.05) is 56.3 Å². The number of furan rings is 1. The van der Waals surface area contributed by atoms with Gasteiger partial charge in [0.15, 0.2) is 0 Å². The standard InChI is InChI=1S/C25H28ClN5O3/c1-17-14-21(28-34-17)16-29-9-11-30(12-10-29)18(2)25(32)31-23(24-4-3-13-33-24)15-22(27-31)19-5-7-20(26)8-6-19/h3-8,13-14,18,23H,9-12,15-16H2,1-2H3. The van der Waals surface area contributed by atoms with Crippen LogP contribution in [-0.2, 0) is 11.3 Å². The van der Waals surface area contributed by atoms with Gasteiger partial charge < -0.3 is 8.94 Å². The molecule has 178 valence electrons. The SMILES string of the molecule is Cc1cc(CN2CCN(C(C)C(=O)N3N=C(c4ccc(Cl)cc4)CC3c3ccco3)CC2)no1. The van der Waals surface area contributed by atoms with E-state index in [-0.39, 0.29) is 18.0 Å². The Bertz CT molecular complexity index is 1150. The molecule has 5 rings (SSSR count). The zero-order valence-electron chi connectivity index (χ0n) is 19.4. The van der Waals surface area contributed by atoms with E-state index in [2.05, 4.69) is 15.0 Å². The van der Waals surface area contributed by atoms with Crippen molar-refractivity contribution in [1.82, 2.24) is 20.0 Å². The van der Waals surface area contributed by atoms with Gasteiger partial charge >= 0.3 is 0 Å². The van der Waals surface area contributed by atoms with Gasteiger partial charge in [0.05, 0.1) is 23.7 Å². The Kier molecular flexibility index (Phi) is 6.54. The Morgan fingerprint density at radius 3 is 2.59 bits per heavy atom. The summed E-state index contributed by atoms with van der Waals surface area (Å²) in [4.78, 5) is 18.2. The molecular formula is C25H28ClN5O3. The lowest BCUT2D eigenvalue weighted by molar-refractivity contribution is -0.139. The molecule has 0 spiro atoms. The van der Waals surface area contributed by atoms with E-state index in [9.17, 15) is 4.79 Å². The Labute approximate surface area is 203 Å². The third-order valence-electron chi connectivity index (χ3n) is 6.56.